The maximum absolute atomic E-state index is 11.0. The molecule has 94 valence electrons. The third-order valence-electron chi connectivity index (χ3n) is 2.07. The summed E-state index contributed by atoms with van der Waals surface area (Å²) in [5.74, 6) is -2.40. The van der Waals surface area contributed by atoms with E-state index in [0.29, 0.717) is 24.9 Å². The zero-order valence-corrected chi connectivity index (χ0v) is 10.5. The van der Waals surface area contributed by atoms with Gasteiger partial charge in [0, 0.05) is 18.8 Å². The Hall–Kier alpha value is -1.68. The van der Waals surface area contributed by atoms with Crippen LogP contribution in [-0.4, -0.2) is 40.1 Å². The second-order valence-corrected chi connectivity index (χ2v) is 3.81. The van der Waals surface area contributed by atoms with Crippen LogP contribution in [0.5, 0.6) is 0 Å². The molecule has 0 radical (unpaired) electrons. The first-order chi connectivity index (χ1) is 7.97. The van der Waals surface area contributed by atoms with E-state index in [1.165, 1.54) is 0 Å². The molecule has 0 saturated carbocycles. The Labute approximate surface area is 104 Å². The molecule has 0 aliphatic carbocycles. The lowest BCUT2D eigenvalue weighted by molar-refractivity contribution is -0.136. The van der Waals surface area contributed by atoms with Crippen LogP contribution < -0.4 is 0 Å². The van der Waals surface area contributed by atoms with Crippen molar-refractivity contribution >= 4 is 23.7 Å². The molecule has 0 aromatic heterocycles. The highest BCUT2D eigenvalue weighted by molar-refractivity contribution is 8.08. The number of rotatable bonds is 7. The molecule has 17 heavy (non-hydrogen) atoms. The molecular formula is C10H14N2O4S. The van der Waals surface area contributed by atoms with Gasteiger partial charge in [0.05, 0.1) is 6.42 Å². The van der Waals surface area contributed by atoms with Crippen LogP contribution in [0.3, 0.4) is 0 Å². The fraction of sp³-hybridized carbons (Fsp3) is 0.500. The summed E-state index contributed by atoms with van der Waals surface area (Å²) in [6.45, 7) is 4.56. The molecule has 0 bridgehead atoms. The maximum Gasteiger partial charge on any atom is 0.345 e. The fourth-order valence-corrected chi connectivity index (χ4v) is 1.85. The van der Waals surface area contributed by atoms with Gasteiger partial charge in [0.1, 0.15) is 10.3 Å². The SMILES string of the molecule is CCN(CC)/C(CC(=O)O)=C(/SC#N)C(=O)O. The number of hydrogen-bond donors (Lipinski definition) is 2. The average Bonchev–Trinajstić information content (AvgIpc) is 2.25. The molecule has 2 N–H and O–H groups in total. The Morgan fingerprint density at radius 3 is 2.12 bits per heavy atom. The average molecular weight is 258 g/mol. The van der Waals surface area contributed by atoms with E-state index in [0.717, 1.165) is 0 Å². The van der Waals surface area contributed by atoms with Gasteiger partial charge >= 0.3 is 11.9 Å². The molecule has 0 aromatic carbocycles. The molecule has 0 aromatic rings. The molecule has 0 unspecified atom stereocenters. The van der Waals surface area contributed by atoms with Crippen LogP contribution in [-0.2, 0) is 9.59 Å². The lowest BCUT2D eigenvalue weighted by atomic mass is 10.2. The number of nitrogens with zero attached hydrogens (tertiary/aromatic N) is 2. The van der Waals surface area contributed by atoms with Gasteiger partial charge in [0.2, 0.25) is 0 Å². The van der Waals surface area contributed by atoms with Crippen LogP contribution >= 0.6 is 11.8 Å². The van der Waals surface area contributed by atoms with E-state index in [1.807, 2.05) is 0 Å². The van der Waals surface area contributed by atoms with Crippen molar-refractivity contribution in [2.75, 3.05) is 13.1 Å². The molecule has 0 aliphatic heterocycles. The van der Waals surface area contributed by atoms with Crippen molar-refractivity contribution in [1.82, 2.24) is 4.90 Å². The van der Waals surface area contributed by atoms with E-state index in [4.69, 9.17) is 15.5 Å². The van der Waals surface area contributed by atoms with E-state index >= 15 is 0 Å². The highest BCUT2D eigenvalue weighted by atomic mass is 32.2. The number of carboxylic acid groups (broad SMARTS) is 2. The molecule has 0 heterocycles. The van der Waals surface area contributed by atoms with Crippen LogP contribution in [0.1, 0.15) is 20.3 Å². The number of aliphatic carboxylic acids is 2. The van der Waals surface area contributed by atoms with Crippen LogP contribution in [0.15, 0.2) is 10.6 Å². The molecule has 0 amide bonds. The van der Waals surface area contributed by atoms with Gasteiger partial charge in [-0.3, -0.25) is 4.79 Å². The summed E-state index contributed by atoms with van der Waals surface area (Å²) in [6.07, 6.45) is -0.405. The number of carboxylic acids is 2. The summed E-state index contributed by atoms with van der Waals surface area (Å²) in [6, 6.07) is 0. The largest absolute Gasteiger partial charge is 0.481 e. The molecule has 0 rings (SSSR count). The van der Waals surface area contributed by atoms with Crippen molar-refractivity contribution in [3.8, 4) is 5.40 Å². The Kier molecular flexibility index (Phi) is 6.82. The van der Waals surface area contributed by atoms with Crippen LogP contribution in [0.2, 0.25) is 0 Å². The van der Waals surface area contributed by atoms with Gasteiger partial charge in [-0.1, -0.05) is 0 Å². The summed E-state index contributed by atoms with van der Waals surface area (Å²) in [5, 5.41) is 28.0. The molecule has 0 atom stereocenters. The Balaban J connectivity index is 5.49. The minimum atomic E-state index is -1.28. The Morgan fingerprint density at radius 2 is 1.82 bits per heavy atom. The minimum Gasteiger partial charge on any atom is -0.481 e. The maximum atomic E-state index is 11.0. The van der Waals surface area contributed by atoms with Crippen LogP contribution in [0.25, 0.3) is 0 Å². The molecular weight excluding hydrogens is 244 g/mol. The zero-order chi connectivity index (χ0) is 13.4. The van der Waals surface area contributed by atoms with Gasteiger partial charge in [-0.25, -0.2) is 4.79 Å². The monoisotopic (exact) mass is 258 g/mol. The number of nitriles is 1. The van der Waals surface area contributed by atoms with E-state index in [9.17, 15) is 9.59 Å². The Morgan fingerprint density at radius 1 is 1.29 bits per heavy atom. The standard InChI is InChI=1S/C10H14N2O4S/c1-3-12(4-2)7(5-8(13)14)9(10(15)16)17-6-11/h3-5H2,1-2H3,(H,13,14)(H,15,16)/b9-7+. The second kappa shape index (κ2) is 7.57. The van der Waals surface area contributed by atoms with Gasteiger partial charge in [0.25, 0.3) is 0 Å². The summed E-state index contributed by atoms with van der Waals surface area (Å²) in [4.78, 5) is 23.1. The fourth-order valence-electron chi connectivity index (χ4n) is 1.36. The van der Waals surface area contributed by atoms with E-state index in [1.54, 1.807) is 24.1 Å². The lowest BCUT2D eigenvalue weighted by Crippen LogP contribution is -2.26. The minimum absolute atomic E-state index is 0.168. The first-order valence-electron chi connectivity index (χ1n) is 4.96. The smallest absolute Gasteiger partial charge is 0.345 e. The molecule has 7 heteroatoms. The number of thiocyanates is 1. The topological polar surface area (TPSA) is 102 Å². The molecule has 0 spiro atoms. The predicted octanol–water partition coefficient (Wildman–Crippen LogP) is 1.31. The summed E-state index contributed by atoms with van der Waals surface area (Å²) in [7, 11) is 0. The van der Waals surface area contributed by atoms with Gasteiger partial charge in [0.15, 0.2) is 0 Å². The van der Waals surface area contributed by atoms with Crippen molar-refractivity contribution in [3.63, 3.8) is 0 Å². The number of thioether (sulfide) groups is 1. The van der Waals surface area contributed by atoms with E-state index in [-0.39, 0.29) is 10.6 Å². The second-order valence-electron chi connectivity index (χ2n) is 3.02. The highest BCUT2D eigenvalue weighted by Crippen LogP contribution is 2.24. The summed E-state index contributed by atoms with van der Waals surface area (Å²) < 4.78 is 0. The zero-order valence-electron chi connectivity index (χ0n) is 9.63. The van der Waals surface area contributed by atoms with Crippen molar-refractivity contribution < 1.29 is 19.8 Å². The summed E-state index contributed by atoms with van der Waals surface area (Å²) in [5.41, 5.74) is 0.168. The van der Waals surface area contributed by atoms with Crippen LogP contribution in [0.4, 0.5) is 0 Å². The highest BCUT2D eigenvalue weighted by Gasteiger charge is 2.21. The molecule has 6 nitrogen and oxygen atoms in total. The lowest BCUT2D eigenvalue weighted by Gasteiger charge is -2.24. The molecule has 0 fully saturated rings. The van der Waals surface area contributed by atoms with Crippen molar-refractivity contribution in [1.29, 1.82) is 5.26 Å². The first kappa shape index (κ1) is 15.3. The van der Waals surface area contributed by atoms with E-state index < -0.39 is 18.4 Å². The quantitative estimate of drug-likeness (QED) is 0.524. The van der Waals surface area contributed by atoms with Gasteiger partial charge in [-0.2, -0.15) is 5.26 Å². The molecule has 0 aliphatic rings. The van der Waals surface area contributed by atoms with E-state index in [2.05, 4.69) is 0 Å². The molecule has 0 saturated heterocycles. The Bertz CT molecular complexity index is 369. The number of carbonyl (C=O) groups is 2. The normalized spacial score (nSPS) is 11.4. The first-order valence-corrected chi connectivity index (χ1v) is 5.78. The van der Waals surface area contributed by atoms with Gasteiger partial charge in [-0.15, -0.1) is 0 Å². The third kappa shape index (κ3) is 4.78. The number of hydrogen-bond acceptors (Lipinski definition) is 5. The van der Waals surface area contributed by atoms with Crippen molar-refractivity contribution in [2.24, 2.45) is 0 Å². The van der Waals surface area contributed by atoms with Crippen molar-refractivity contribution in [3.05, 3.63) is 10.6 Å². The van der Waals surface area contributed by atoms with Crippen LogP contribution in [0, 0.1) is 10.7 Å². The van der Waals surface area contributed by atoms with Crippen molar-refractivity contribution in [2.45, 2.75) is 20.3 Å². The predicted molar refractivity (Wildman–Crippen MR) is 63.0 cm³/mol. The third-order valence-corrected chi connectivity index (χ3v) is 2.77. The van der Waals surface area contributed by atoms with Gasteiger partial charge in [-0.05, 0) is 25.6 Å². The summed E-state index contributed by atoms with van der Waals surface area (Å²) >= 11 is 0.474. The van der Waals surface area contributed by atoms with Gasteiger partial charge < -0.3 is 15.1 Å².